The van der Waals surface area contributed by atoms with Gasteiger partial charge in [-0.05, 0) is 115 Å². The Morgan fingerprint density at radius 2 is 0.683 bits per heavy atom. The molecule has 0 aliphatic carbocycles. The van der Waals surface area contributed by atoms with E-state index in [1.807, 2.05) is 11.3 Å². The lowest BCUT2D eigenvalue weighted by atomic mass is 9.89. The van der Waals surface area contributed by atoms with Gasteiger partial charge in [-0.25, -0.2) is 0 Å². The summed E-state index contributed by atoms with van der Waals surface area (Å²) in [6, 6.07) is 45.6. The summed E-state index contributed by atoms with van der Waals surface area (Å²) < 4.78 is 2.80. The van der Waals surface area contributed by atoms with Crippen molar-refractivity contribution in [1.29, 1.82) is 0 Å². The minimum Gasteiger partial charge on any atom is -0.135 e. The average Bonchev–Trinajstić information content (AvgIpc) is 3.37. The summed E-state index contributed by atoms with van der Waals surface area (Å²) in [5.41, 5.74) is 5.67. The third-order valence-corrected chi connectivity index (χ3v) is 10.3. The van der Waals surface area contributed by atoms with Crippen molar-refractivity contribution < 1.29 is 0 Å². The molecule has 0 unspecified atom stereocenters. The van der Waals surface area contributed by atoms with Gasteiger partial charge in [0.2, 0.25) is 0 Å². The quantitative estimate of drug-likeness (QED) is 0.197. The summed E-state index contributed by atoms with van der Waals surface area (Å²) in [5, 5.41) is 14.1. The van der Waals surface area contributed by atoms with Crippen LogP contribution in [0.3, 0.4) is 0 Å². The Kier molecular flexibility index (Phi) is 5.12. The number of hydrogen-bond donors (Lipinski definition) is 0. The van der Waals surface area contributed by atoms with Crippen molar-refractivity contribution in [3.05, 3.63) is 144 Å². The molecule has 9 aromatic rings. The summed E-state index contributed by atoms with van der Waals surface area (Å²) in [6.07, 6.45) is 4.34. The SMILES string of the molecule is c1ccc(CCc2ccc3c(c2)c2cc4sc5cc6c7cc(CCc8ccccc8)ccc7c6cc5c4cc32)cc1. The normalized spacial score (nSPS) is 12.3. The van der Waals surface area contributed by atoms with Crippen LogP contribution in [0.4, 0.5) is 0 Å². The summed E-state index contributed by atoms with van der Waals surface area (Å²) in [6.45, 7) is 0. The Morgan fingerprint density at radius 3 is 1.15 bits per heavy atom. The first-order chi connectivity index (χ1) is 20.3. The Morgan fingerprint density at radius 1 is 0.293 bits per heavy atom. The third kappa shape index (κ3) is 3.73. The Labute approximate surface area is 243 Å². The number of rotatable bonds is 6. The number of aryl methyl sites for hydroxylation is 4. The van der Waals surface area contributed by atoms with Crippen LogP contribution in [0.15, 0.2) is 121 Å². The zero-order valence-electron chi connectivity index (χ0n) is 22.8. The molecule has 0 saturated heterocycles. The molecule has 1 aromatic heterocycles. The van der Waals surface area contributed by atoms with E-state index in [9.17, 15) is 0 Å². The molecule has 0 atom stereocenters. The molecule has 0 nitrogen and oxygen atoms in total. The Bertz CT molecular complexity index is 2170. The first-order valence-corrected chi connectivity index (χ1v) is 15.5. The third-order valence-electron chi connectivity index (χ3n) is 9.17. The summed E-state index contributed by atoms with van der Waals surface area (Å²) in [4.78, 5) is 0. The molecule has 0 bridgehead atoms. The number of fused-ring (bicyclic) bond motifs is 11. The molecule has 0 spiro atoms. The predicted octanol–water partition coefficient (Wildman–Crippen LogP) is 11.1. The highest BCUT2D eigenvalue weighted by Gasteiger charge is 2.17. The van der Waals surface area contributed by atoms with E-state index in [1.165, 1.54) is 85.5 Å². The van der Waals surface area contributed by atoms with Crippen LogP contribution in [0.5, 0.6) is 0 Å². The predicted molar refractivity (Wildman–Crippen MR) is 179 cm³/mol. The average molecular weight is 541 g/mol. The largest absolute Gasteiger partial charge is 0.135 e. The molecule has 1 heteroatoms. The first kappa shape index (κ1) is 23.3. The van der Waals surface area contributed by atoms with Gasteiger partial charge in [0.15, 0.2) is 0 Å². The Hall–Kier alpha value is -4.46. The van der Waals surface area contributed by atoms with Crippen LogP contribution in [0, 0.1) is 0 Å². The maximum Gasteiger partial charge on any atom is 0.0362 e. The molecule has 9 rings (SSSR count). The second kappa shape index (κ2) is 9.03. The number of benzene rings is 6. The molecule has 0 amide bonds. The van der Waals surface area contributed by atoms with Crippen molar-refractivity contribution in [3.8, 4) is 0 Å². The van der Waals surface area contributed by atoms with Crippen molar-refractivity contribution >= 4 is 74.6 Å². The first-order valence-electron chi connectivity index (χ1n) is 14.7. The van der Waals surface area contributed by atoms with Gasteiger partial charge in [-0.3, -0.25) is 0 Å². The minimum absolute atomic E-state index is 1.08. The molecule has 194 valence electrons. The molecule has 0 fully saturated rings. The van der Waals surface area contributed by atoms with Crippen LogP contribution in [-0.4, -0.2) is 0 Å². The van der Waals surface area contributed by atoms with Crippen LogP contribution in [0.25, 0.3) is 63.3 Å². The van der Waals surface area contributed by atoms with E-state index in [2.05, 4.69) is 121 Å². The van der Waals surface area contributed by atoms with Gasteiger partial charge in [-0.15, -0.1) is 11.3 Å². The number of thiophene rings is 1. The second-order valence-corrected chi connectivity index (χ2v) is 12.7. The van der Waals surface area contributed by atoms with Crippen LogP contribution in [-0.2, 0) is 25.7 Å². The van der Waals surface area contributed by atoms with Crippen LogP contribution in [0.2, 0.25) is 0 Å². The molecule has 0 aliphatic rings. The van der Waals surface area contributed by atoms with Gasteiger partial charge in [-0.2, -0.15) is 0 Å². The smallest absolute Gasteiger partial charge is 0.0362 e. The molecule has 8 aromatic carbocycles. The zero-order chi connectivity index (χ0) is 26.9. The van der Waals surface area contributed by atoms with Crippen molar-refractivity contribution in [2.45, 2.75) is 25.7 Å². The van der Waals surface area contributed by atoms with Gasteiger partial charge in [0.05, 0.1) is 0 Å². The van der Waals surface area contributed by atoms with Crippen molar-refractivity contribution in [2.24, 2.45) is 0 Å². The zero-order valence-corrected chi connectivity index (χ0v) is 23.6. The number of hydrogen-bond acceptors (Lipinski definition) is 1. The monoisotopic (exact) mass is 540 g/mol. The van der Waals surface area contributed by atoms with E-state index in [-0.39, 0.29) is 0 Å². The highest BCUT2D eigenvalue weighted by atomic mass is 32.1. The molecule has 0 aliphatic heterocycles. The van der Waals surface area contributed by atoms with Gasteiger partial charge >= 0.3 is 0 Å². The van der Waals surface area contributed by atoms with Crippen molar-refractivity contribution in [1.82, 2.24) is 0 Å². The van der Waals surface area contributed by atoms with E-state index < -0.39 is 0 Å². The second-order valence-electron chi connectivity index (χ2n) is 11.6. The van der Waals surface area contributed by atoms with Gasteiger partial charge in [0.25, 0.3) is 0 Å². The fourth-order valence-electron chi connectivity index (χ4n) is 6.91. The maximum atomic E-state index is 2.45. The van der Waals surface area contributed by atoms with Gasteiger partial charge in [0.1, 0.15) is 0 Å². The lowest BCUT2D eigenvalue weighted by molar-refractivity contribution is 0.962. The van der Waals surface area contributed by atoms with Crippen LogP contribution < -0.4 is 0 Å². The van der Waals surface area contributed by atoms with Gasteiger partial charge < -0.3 is 0 Å². The highest BCUT2D eigenvalue weighted by molar-refractivity contribution is 7.26. The van der Waals surface area contributed by atoms with Gasteiger partial charge in [-0.1, -0.05) is 97.1 Å². The summed E-state index contributed by atoms with van der Waals surface area (Å²) in [7, 11) is 0. The Balaban J connectivity index is 1.07. The molecule has 1 heterocycles. The van der Waals surface area contributed by atoms with E-state index >= 15 is 0 Å². The van der Waals surface area contributed by atoms with E-state index in [4.69, 9.17) is 0 Å². The fourth-order valence-corrected chi connectivity index (χ4v) is 8.06. The van der Waals surface area contributed by atoms with Crippen LogP contribution in [0.1, 0.15) is 22.3 Å². The van der Waals surface area contributed by atoms with E-state index in [1.54, 1.807) is 0 Å². The van der Waals surface area contributed by atoms with E-state index in [0.29, 0.717) is 0 Å². The molecule has 0 N–H and O–H groups in total. The maximum absolute atomic E-state index is 2.45. The molecule has 0 radical (unpaired) electrons. The topological polar surface area (TPSA) is 0 Å². The standard InChI is InChI=1S/C40H28S/c1-3-7-25(8-4-1)11-13-27-15-17-29-31(19-27)35-23-39-37(21-33(29)35)38-22-34-30-18-16-28(14-12-26-9-5-2-6-10-26)20-32(30)36(34)24-40(38)41-39/h1-10,15-24H,11-14H2. The lowest BCUT2D eigenvalue weighted by Gasteiger charge is -2.14. The fraction of sp³-hybridized carbons (Fsp3) is 0.100. The summed E-state index contributed by atoms with van der Waals surface area (Å²) >= 11 is 1.95. The van der Waals surface area contributed by atoms with Crippen molar-refractivity contribution in [2.75, 3.05) is 0 Å². The summed E-state index contributed by atoms with van der Waals surface area (Å²) in [5.74, 6) is 0. The van der Waals surface area contributed by atoms with E-state index in [0.717, 1.165) is 25.7 Å². The van der Waals surface area contributed by atoms with Crippen LogP contribution >= 0.6 is 11.3 Å². The minimum atomic E-state index is 1.08. The molecule has 41 heavy (non-hydrogen) atoms. The molecular formula is C40H28S. The molecular weight excluding hydrogens is 513 g/mol. The van der Waals surface area contributed by atoms with Gasteiger partial charge in [0, 0.05) is 20.2 Å². The lowest BCUT2D eigenvalue weighted by Crippen LogP contribution is -1.93. The highest BCUT2D eigenvalue weighted by Crippen LogP contribution is 2.46. The van der Waals surface area contributed by atoms with Crippen molar-refractivity contribution in [3.63, 3.8) is 0 Å². The molecule has 0 saturated carbocycles.